The molecule has 33 heavy (non-hydrogen) atoms. The Labute approximate surface area is 190 Å². The number of sulfonamides is 1. The van der Waals surface area contributed by atoms with Gasteiger partial charge in [-0.1, -0.05) is 24.3 Å². The SMILES string of the molecule is O=S(=O)(C(F)F)N1CCN(c2ccc(/C=C/c3cc(F)cc(-c4ccncc4)c3)cc2)CC1. The maximum Gasteiger partial charge on any atom is 0.350 e. The molecule has 2 heterocycles. The summed E-state index contributed by atoms with van der Waals surface area (Å²) in [7, 11) is -4.54. The molecule has 0 bridgehead atoms. The average Bonchev–Trinajstić information content (AvgIpc) is 2.83. The minimum absolute atomic E-state index is 0.0215. The maximum absolute atomic E-state index is 14.1. The van der Waals surface area contributed by atoms with Crippen LogP contribution in [0.1, 0.15) is 11.1 Å². The van der Waals surface area contributed by atoms with Gasteiger partial charge in [0.2, 0.25) is 0 Å². The van der Waals surface area contributed by atoms with E-state index in [1.807, 2.05) is 59.5 Å². The number of pyridine rings is 1. The minimum atomic E-state index is -4.54. The number of anilines is 1. The summed E-state index contributed by atoms with van der Waals surface area (Å²) in [5.74, 6) is -3.72. The molecule has 5 nitrogen and oxygen atoms in total. The third-order valence-electron chi connectivity index (χ3n) is 5.48. The molecule has 1 aromatic heterocycles. The van der Waals surface area contributed by atoms with E-state index in [9.17, 15) is 21.6 Å². The summed E-state index contributed by atoms with van der Waals surface area (Å²) < 4.78 is 63.6. The Morgan fingerprint density at radius 1 is 0.818 bits per heavy atom. The Hall–Kier alpha value is -3.17. The van der Waals surface area contributed by atoms with Crippen LogP contribution in [0.25, 0.3) is 23.3 Å². The van der Waals surface area contributed by atoms with Crippen LogP contribution >= 0.6 is 0 Å². The van der Waals surface area contributed by atoms with Gasteiger partial charge in [-0.05, 0) is 64.7 Å². The summed E-state index contributed by atoms with van der Waals surface area (Å²) in [4.78, 5) is 5.94. The fraction of sp³-hybridized carbons (Fsp3) is 0.208. The zero-order valence-corrected chi connectivity index (χ0v) is 18.4. The van der Waals surface area contributed by atoms with Gasteiger partial charge in [0.05, 0.1) is 0 Å². The average molecular weight is 474 g/mol. The lowest BCUT2D eigenvalue weighted by molar-refractivity contribution is 0.217. The molecule has 172 valence electrons. The summed E-state index contributed by atoms with van der Waals surface area (Å²) in [6, 6.07) is 16.1. The summed E-state index contributed by atoms with van der Waals surface area (Å²) in [6.07, 6.45) is 7.03. The highest BCUT2D eigenvalue weighted by Crippen LogP contribution is 2.24. The predicted octanol–water partition coefficient (Wildman–Crippen LogP) is 4.73. The van der Waals surface area contributed by atoms with Crippen LogP contribution in [0.2, 0.25) is 0 Å². The van der Waals surface area contributed by atoms with E-state index in [4.69, 9.17) is 0 Å². The fourth-order valence-electron chi connectivity index (χ4n) is 3.72. The van der Waals surface area contributed by atoms with Gasteiger partial charge in [-0.3, -0.25) is 4.98 Å². The quantitative estimate of drug-likeness (QED) is 0.486. The first-order valence-corrected chi connectivity index (χ1v) is 11.8. The lowest BCUT2D eigenvalue weighted by Gasteiger charge is -2.35. The lowest BCUT2D eigenvalue weighted by Crippen LogP contribution is -2.50. The topological polar surface area (TPSA) is 53.5 Å². The first-order chi connectivity index (χ1) is 15.8. The molecule has 0 spiro atoms. The number of hydrogen-bond donors (Lipinski definition) is 0. The molecule has 1 saturated heterocycles. The minimum Gasteiger partial charge on any atom is -0.369 e. The zero-order valence-electron chi connectivity index (χ0n) is 17.6. The fourth-order valence-corrected chi connectivity index (χ4v) is 4.62. The molecule has 1 fully saturated rings. The summed E-state index contributed by atoms with van der Waals surface area (Å²) in [5, 5.41) is 0. The molecular weight excluding hydrogens is 451 g/mol. The number of aromatic nitrogens is 1. The predicted molar refractivity (Wildman–Crippen MR) is 124 cm³/mol. The Kier molecular flexibility index (Phi) is 6.80. The Morgan fingerprint density at radius 2 is 1.45 bits per heavy atom. The largest absolute Gasteiger partial charge is 0.369 e. The molecule has 1 aliphatic heterocycles. The van der Waals surface area contributed by atoms with E-state index >= 15 is 0 Å². The van der Waals surface area contributed by atoms with Gasteiger partial charge in [-0.2, -0.15) is 13.1 Å². The van der Waals surface area contributed by atoms with Gasteiger partial charge in [0.15, 0.2) is 0 Å². The van der Waals surface area contributed by atoms with Gasteiger partial charge in [0, 0.05) is 44.3 Å². The van der Waals surface area contributed by atoms with Crippen LogP contribution in [0.15, 0.2) is 67.0 Å². The van der Waals surface area contributed by atoms with Crippen molar-refractivity contribution in [2.75, 3.05) is 31.1 Å². The molecule has 0 saturated carbocycles. The van der Waals surface area contributed by atoms with Gasteiger partial charge in [-0.25, -0.2) is 12.8 Å². The van der Waals surface area contributed by atoms with Crippen LogP contribution in [-0.4, -0.2) is 49.6 Å². The van der Waals surface area contributed by atoms with Crippen molar-refractivity contribution in [2.45, 2.75) is 5.76 Å². The number of halogens is 3. The van der Waals surface area contributed by atoms with Crippen LogP contribution in [-0.2, 0) is 10.0 Å². The van der Waals surface area contributed by atoms with Gasteiger partial charge < -0.3 is 4.90 Å². The van der Waals surface area contributed by atoms with Gasteiger partial charge in [0.1, 0.15) is 5.82 Å². The van der Waals surface area contributed by atoms with Crippen molar-refractivity contribution >= 4 is 27.9 Å². The molecule has 0 atom stereocenters. The highest BCUT2D eigenvalue weighted by Gasteiger charge is 2.34. The van der Waals surface area contributed by atoms with Crippen molar-refractivity contribution in [3.63, 3.8) is 0 Å². The molecule has 2 aromatic carbocycles. The van der Waals surface area contributed by atoms with Crippen molar-refractivity contribution in [1.29, 1.82) is 0 Å². The molecule has 0 N–H and O–H groups in total. The van der Waals surface area contributed by atoms with Crippen LogP contribution < -0.4 is 4.90 Å². The summed E-state index contributed by atoms with van der Waals surface area (Å²) >= 11 is 0. The number of piperazine rings is 1. The van der Waals surface area contributed by atoms with E-state index in [0.717, 1.165) is 32.2 Å². The number of alkyl halides is 2. The van der Waals surface area contributed by atoms with Gasteiger partial charge in [0.25, 0.3) is 10.0 Å². The number of hydrogen-bond acceptors (Lipinski definition) is 4. The lowest BCUT2D eigenvalue weighted by atomic mass is 10.0. The molecule has 0 aliphatic carbocycles. The summed E-state index contributed by atoms with van der Waals surface area (Å²) in [5.41, 5.74) is 4.16. The van der Waals surface area contributed by atoms with Crippen molar-refractivity contribution in [1.82, 2.24) is 9.29 Å². The normalized spacial score (nSPS) is 15.5. The van der Waals surface area contributed by atoms with E-state index in [0.29, 0.717) is 13.1 Å². The second-order valence-electron chi connectivity index (χ2n) is 7.63. The monoisotopic (exact) mass is 473 g/mol. The second kappa shape index (κ2) is 9.76. The van der Waals surface area contributed by atoms with Crippen molar-refractivity contribution in [3.8, 4) is 11.1 Å². The number of benzene rings is 2. The highest BCUT2D eigenvalue weighted by molar-refractivity contribution is 7.89. The van der Waals surface area contributed by atoms with Crippen LogP contribution in [0.3, 0.4) is 0 Å². The molecular formula is C24H22F3N3O2S. The second-order valence-corrected chi connectivity index (χ2v) is 9.53. The van der Waals surface area contributed by atoms with Crippen LogP contribution in [0, 0.1) is 5.82 Å². The van der Waals surface area contributed by atoms with E-state index < -0.39 is 15.8 Å². The van der Waals surface area contributed by atoms with Crippen LogP contribution in [0.4, 0.5) is 18.9 Å². The van der Waals surface area contributed by atoms with Crippen molar-refractivity contribution in [3.05, 3.63) is 83.9 Å². The van der Waals surface area contributed by atoms with Crippen LogP contribution in [0.5, 0.6) is 0 Å². The Bertz CT molecular complexity index is 1230. The zero-order chi connectivity index (χ0) is 23.4. The van der Waals surface area contributed by atoms with E-state index in [2.05, 4.69) is 4.98 Å². The number of rotatable bonds is 6. The molecule has 1 aliphatic rings. The van der Waals surface area contributed by atoms with Crippen molar-refractivity contribution in [2.24, 2.45) is 0 Å². The molecule has 4 rings (SSSR count). The first kappa shape index (κ1) is 23.0. The Morgan fingerprint density at radius 3 is 2.09 bits per heavy atom. The maximum atomic E-state index is 14.1. The Balaban J connectivity index is 1.42. The number of nitrogens with zero attached hydrogens (tertiary/aromatic N) is 3. The van der Waals surface area contributed by atoms with Gasteiger partial charge >= 0.3 is 5.76 Å². The van der Waals surface area contributed by atoms with Gasteiger partial charge in [-0.15, -0.1) is 0 Å². The molecule has 0 amide bonds. The van der Waals surface area contributed by atoms with E-state index in [1.54, 1.807) is 12.4 Å². The molecule has 0 unspecified atom stereocenters. The van der Waals surface area contributed by atoms with E-state index in [1.165, 1.54) is 12.1 Å². The standard InChI is InChI=1S/C24H22F3N3O2S/c25-22-16-19(15-21(17-22)20-7-9-28-10-8-20)2-1-18-3-5-23(6-4-18)29-11-13-30(14-12-29)33(31,32)24(26)27/h1-10,15-17,24H,11-14H2/b2-1+. The molecule has 0 radical (unpaired) electrons. The molecule has 3 aromatic rings. The van der Waals surface area contributed by atoms with Crippen molar-refractivity contribution < 1.29 is 21.6 Å². The third kappa shape index (κ3) is 5.43. The summed E-state index contributed by atoms with van der Waals surface area (Å²) in [6.45, 7) is 0.714. The third-order valence-corrected chi connectivity index (χ3v) is 7.02. The first-order valence-electron chi connectivity index (χ1n) is 10.3. The highest BCUT2D eigenvalue weighted by atomic mass is 32.2. The smallest absolute Gasteiger partial charge is 0.350 e. The molecule has 9 heteroatoms. The van der Waals surface area contributed by atoms with E-state index in [-0.39, 0.29) is 18.9 Å².